The van der Waals surface area contributed by atoms with E-state index in [1.165, 1.54) is 30.3 Å². The van der Waals surface area contributed by atoms with E-state index in [4.69, 9.17) is 0 Å². The highest BCUT2D eigenvalue weighted by atomic mass is 32.2. The van der Waals surface area contributed by atoms with Crippen LogP contribution in [0.1, 0.15) is 18.5 Å². The van der Waals surface area contributed by atoms with Crippen LogP contribution < -0.4 is 9.62 Å². The maximum atomic E-state index is 13.3. The molecular weight excluding hydrogens is 418 g/mol. The Morgan fingerprint density at radius 3 is 2.23 bits per heavy atom. The summed E-state index contributed by atoms with van der Waals surface area (Å²) < 4.78 is 27.4. The van der Waals surface area contributed by atoms with Gasteiger partial charge in [0.2, 0.25) is 5.91 Å². The average Bonchev–Trinajstić information content (AvgIpc) is 2.78. The maximum absolute atomic E-state index is 13.3. The zero-order valence-corrected chi connectivity index (χ0v) is 17.5. The fourth-order valence-electron chi connectivity index (χ4n) is 3.04. The molecule has 0 aliphatic rings. The number of rotatable bonds is 8. The number of nitrogens with zero attached hydrogens (tertiary/aromatic N) is 2. The third-order valence-corrected chi connectivity index (χ3v) is 6.41. The molecule has 3 rings (SSSR count). The van der Waals surface area contributed by atoms with Crippen LogP contribution in [0.4, 0.5) is 11.4 Å². The lowest BCUT2D eigenvalue weighted by molar-refractivity contribution is -0.384. The van der Waals surface area contributed by atoms with Crippen molar-refractivity contribution in [1.82, 2.24) is 5.32 Å². The fourth-order valence-corrected chi connectivity index (χ4v) is 4.47. The molecule has 160 valence electrons. The lowest BCUT2D eigenvalue weighted by atomic mass is 10.1. The van der Waals surface area contributed by atoms with E-state index in [0.29, 0.717) is 0 Å². The number of amides is 1. The Morgan fingerprint density at radius 1 is 1.00 bits per heavy atom. The second-order valence-corrected chi connectivity index (χ2v) is 8.66. The van der Waals surface area contributed by atoms with E-state index in [2.05, 4.69) is 5.32 Å². The van der Waals surface area contributed by atoms with Gasteiger partial charge < -0.3 is 5.32 Å². The molecule has 0 saturated heterocycles. The molecule has 0 fully saturated rings. The van der Waals surface area contributed by atoms with Gasteiger partial charge in [-0.05, 0) is 30.7 Å². The van der Waals surface area contributed by atoms with Crippen LogP contribution in [0.2, 0.25) is 0 Å². The zero-order valence-electron chi connectivity index (χ0n) is 16.7. The molecule has 0 aromatic heterocycles. The molecule has 0 spiro atoms. The summed E-state index contributed by atoms with van der Waals surface area (Å²) in [5, 5.41) is 14.0. The number of benzene rings is 3. The SMILES string of the molecule is C[C@@H](NC(=O)CN(c1cccc([N+](=O)[O-])c1)S(=O)(=O)c1ccccc1)c1ccccc1. The molecule has 0 bridgehead atoms. The highest BCUT2D eigenvalue weighted by molar-refractivity contribution is 7.92. The van der Waals surface area contributed by atoms with E-state index >= 15 is 0 Å². The highest BCUT2D eigenvalue weighted by Gasteiger charge is 2.28. The largest absolute Gasteiger partial charge is 0.348 e. The molecule has 1 atom stereocenters. The van der Waals surface area contributed by atoms with Crippen LogP contribution in [0.25, 0.3) is 0 Å². The zero-order chi connectivity index (χ0) is 22.4. The monoisotopic (exact) mass is 439 g/mol. The van der Waals surface area contributed by atoms with Gasteiger partial charge in [-0.15, -0.1) is 0 Å². The quantitative estimate of drug-likeness (QED) is 0.425. The molecule has 0 aliphatic heterocycles. The number of hydrogen-bond acceptors (Lipinski definition) is 5. The molecule has 8 nitrogen and oxygen atoms in total. The van der Waals surface area contributed by atoms with Crippen LogP contribution >= 0.6 is 0 Å². The molecule has 1 amide bonds. The predicted molar refractivity (Wildman–Crippen MR) is 117 cm³/mol. The average molecular weight is 439 g/mol. The first-order valence-corrected chi connectivity index (χ1v) is 10.9. The Kier molecular flexibility index (Phi) is 6.66. The summed E-state index contributed by atoms with van der Waals surface area (Å²) in [4.78, 5) is 23.3. The van der Waals surface area contributed by atoms with Gasteiger partial charge in [0.25, 0.3) is 15.7 Å². The van der Waals surface area contributed by atoms with Crippen LogP contribution in [0.5, 0.6) is 0 Å². The van der Waals surface area contributed by atoms with Crippen molar-refractivity contribution in [2.45, 2.75) is 17.9 Å². The summed E-state index contributed by atoms with van der Waals surface area (Å²) >= 11 is 0. The van der Waals surface area contributed by atoms with Gasteiger partial charge in [0.1, 0.15) is 6.54 Å². The first kappa shape index (κ1) is 22.0. The van der Waals surface area contributed by atoms with Gasteiger partial charge in [-0.3, -0.25) is 19.2 Å². The maximum Gasteiger partial charge on any atom is 0.271 e. The Labute approximate surface area is 180 Å². The van der Waals surface area contributed by atoms with E-state index in [9.17, 15) is 23.3 Å². The van der Waals surface area contributed by atoms with Gasteiger partial charge in [-0.25, -0.2) is 8.42 Å². The first-order chi connectivity index (χ1) is 14.8. The van der Waals surface area contributed by atoms with Crippen LogP contribution in [0.15, 0.2) is 89.8 Å². The van der Waals surface area contributed by atoms with E-state index in [-0.39, 0.29) is 22.3 Å². The van der Waals surface area contributed by atoms with Crippen LogP contribution in [-0.2, 0) is 14.8 Å². The van der Waals surface area contributed by atoms with Crippen LogP contribution in [-0.4, -0.2) is 25.8 Å². The normalized spacial score (nSPS) is 12.0. The van der Waals surface area contributed by atoms with Crippen molar-refractivity contribution in [2.75, 3.05) is 10.8 Å². The standard InChI is InChI=1S/C22H21N3O5S/c1-17(18-9-4-2-5-10-18)23-22(26)16-24(19-11-8-12-20(15-19)25(27)28)31(29,30)21-13-6-3-7-14-21/h2-15,17H,16H2,1H3,(H,23,26)/t17-/m1/s1. The Hall–Kier alpha value is -3.72. The van der Waals surface area contributed by atoms with Crippen molar-refractivity contribution in [3.8, 4) is 0 Å². The Bertz CT molecular complexity index is 1170. The van der Waals surface area contributed by atoms with Crippen molar-refractivity contribution in [3.63, 3.8) is 0 Å². The third-order valence-electron chi connectivity index (χ3n) is 4.62. The van der Waals surface area contributed by atoms with Gasteiger partial charge >= 0.3 is 0 Å². The van der Waals surface area contributed by atoms with Crippen molar-refractivity contribution < 1.29 is 18.1 Å². The molecule has 0 aliphatic carbocycles. The number of nitrogens with one attached hydrogen (secondary N) is 1. The summed E-state index contributed by atoms with van der Waals surface area (Å²) in [6.07, 6.45) is 0. The predicted octanol–water partition coefficient (Wildman–Crippen LogP) is 3.67. The lowest BCUT2D eigenvalue weighted by Gasteiger charge is -2.25. The molecule has 3 aromatic rings. The number of anilines is 1. The minimum atomic E-state index is -4.14. The molecular formula is C22H21N3O5S. The van der Waals surface area contributed by atoms with E-state index in [1.54, 1.807) is 25.1 Å². The molecule has 3 aromatic carbocycles. The number of nitro groups is 1. The Balaban J connectivity index is 1.93. The van der Waals surface area contributed by atoms with Gasteiger partial charge in [0, 0.05) is 12.1 Å². The van der Waals surface area contributed by atoms with E-state index in [0.717, 1.165) is 15.9 Å². The summed E-state index contributed by atoms with van der Waals surface area (Å²) in [6, 6.07) is 21.7. The van der Waals surface area contributed by atoms with Crippen LogP contribution in [0, 0.1) is 10.1 Å². The fraction of sp³-hybridized carbons (Fsp3) is 0.136. The van der Waals surface area contributed by atoms with Gasteiger partial charge in [-0.1, -0.05) is 54.6 Å². The lowest BCUT2D eigenvalue weighted by Crippen LogP contribution is -2.41. The van der Waals surface area contributed by atoms with Crippen molar-refractivity contribution in [1.29, 1.82) is 0 Å². The van der Waals surface area contributed by atoms with Crippen LogP contribution in [0.3, 0.4) is 0 Å². The molecule has 0 radical (unpaired) electrons. The summed E-state index contributed by atoms with van der Waals surface area (Å²) in [5.41, 5.74) is 0.619. The van der Waals surface area contributed by atoms with Crippen molar-refractivity contribution in [2.24, 2.45) is 0 Å². The second kappa shape index (κ2) is 9.40. The second-order valence-electron chi connectivity index (χ2n) is 6.80. The number of carbonyl (C=O) groups is 1. The number of carbonyl (C=O) groups excluding carboxylic acids is 1. The minimum Gasteiger partial charge on any atom is -0.348 e. The molecule has 9 heteroatoms. The minimum absolute atomic E-state index is 0.0228. The summed E-state index contributed by atoms with van der Waals surface area (Å²) in [6.45, 7) is 1.26. The number of non-ortho nitro benzene ring substituents is 1. The van der Waals surface area contributed by atoms with Gasteiger partial charge in [-0.2, -0.15) is 0 Å². The Morgan fingerprint density at radius 2 is 1.61 bits per heavy atom. The molecule has 0 saturated carbocycles. The van der Waals surface area contributed by atoms with E-state index in [1.807, 2.05) is 30.3 Å². The number of hydrogen-bond donors (Lipinski definition) is 1. The topological polar surface area (TPSA) is 110 Å². The van der Waals surface area contributed by atoms with Gasteiger partial charge in [0.15, 0.2) is 0 Å². The molecule has 1 N–H and O–H groups in total. The summed E-state index contributed by atoms with van der Waals surface area (Å²) in [7, 11) is -4.14. The molecule has 0 heterocycles. The number of nitro benzene ring substituents is 1. The van der Waals surface area contributed by atoms with Gasteiger partial charge in [0.05, 0.1) is 21.5 Å². The smallest absolute Gasteiger partial charge is 0.271 e. The van der Waals surface area contributed by atoms with Crippen molar-refractivity contribution in [3.05, 3.63) is 101 Å². The third kappa shape index (κ3) is 5.26. The van der Waals surface area contributed by atoms with E-state index < -0.39 is 27.4 Å². The van der Waals surface area contributed by atoms with Crippen molar-refractivity contribution >= 4 is 27.3 Å². The summed E-state index contributed by atoms with van der Waals surface area (Å²) in [5.74, 6) is -0.539. The highest BCUT2D eigenvalue weighted by Crippen LogP contribution is 2.27. The first-order valence-electron chi connectivity index (χ1n) is 9.45. The number of sulfonamides is 1. The molecule has 31 heavy (non-hydrogen) atoms. The molecule has 0 unspecified atom stereocenters.